The van der Waals surface area contributed by atoms with E-state index in [1.54, 1.807) is 0 Å². The number of carbonyl (C=O) groups is 1. The first-order chi connectivity index (χ1) is 12.7. The van der Waals surface area contributed by atoms with Gasteiger partial charge in [0, 0.05) is 31.7 Å². The predicted molar refractivity (Wildman–Crippen MR) is 103 cm³/mol. The summed E-state index contributed by atoms with van der Waals surface area (Å²) < 4.78 is 16.9. The first-order valence-corrected chi connectivity index (χ1v) is 9.64. The number of nitrogens with zero attached hydrogens (tertiary/aromatic N) is 2. The number of thiocarbonyl (C=S) groups is 1. The second kappa shape index (κ2) is 9.19. The van der Waals surface area contributed by atoms with Crippen LogP contribution in [0.3, 0.4) is 0 Å². The Morgan fingerprint density at radius 2 is 1.81 bits per heavy atom. The van der Waals surface area contributed by atoms with E-state index < -0.39 is 0 Å². The fourth-order valence-corrected chi connectivity index (χ4v) is 3.48. The van der Waals surface area contributed by atoms with Crippen molar-refractivity contribution < 1.29 is 19.0 Å². The third-order valence-electron chi connectivity index (χ3n) is 4.60. The third-order valence-corrected chi connectivity index (χ3v) is 5.09. The molecule has 1 aromatic carbocycles. The van der Waals surface area contributed by atoms with Crippen molar-refractivity contribution in [3.63, 3.8) is 0 Å². The summed E-state index contributed by atoms with van der Waals surface area (Å²) in [4.78, 5) is 17.0. The van der Waals surface area contributed by atoms with Gasteiger partial charge in [-0.15, -0.1) is 0 Å². The van der Waals surface area contributed by atoms with Gasteiger partial charge in [-0.05, 0) is 38.0 Å². The van der Waals surface area contributed by atoms with Gasteiger partial charge >= 0.3 is 0 Å². The molecular weight excluding hydrogens is 352 g/mol. The smallest absolute Gasteiger partial charge is 0.260 e. The van der Waals surface area contributed by atoms with Crippen LogP contribution in [-0.4, -0.2) is 73.3 Å². The van der Waals surface area contributed by atoms with Crippen LogP contribution in [0, 0.1) is 0 Å². The number of ether oxygens (including phenoxy) is 3. The number of carbonyl (C=O) groups excluding carboxylic acids is 1. The summed E-state index contributed by atoms with van der Waals surface area (Å²) in [5, 5.41) is 0. The van der Waals surface area contributed by atoms with Crippen LogP contribution >= 0.6 is 12.2 Å². The lowest BCUT2D eigenvalue weighted by Crippen LogP contribution is -2.40. The van der Waals surface area contributed by atoms with E-state index >= 15 is 0 Å². The van der Waals surface area contributed by atoms with Gasteiger partial charge in [-0.3, -0.25) is 4.79 Å². The van der Waals surface area contributed by atoms with E-state index in [-0.39, 0.29) is 12.5 Å². The van der Waals surface area contributed by atoms with Gasteiger partial charge < -0.3 is 24.0 Å². The summed E-state index contributed by atoms with van der Waals surface area (Å²) in [5.41, 5.74) is 0.920. The molecule has 0 aromatic heterocycles. The molecule has 0 unspecified atom stereocenters. The van der Waals surface area contributed by atoms with E-state index in [2.05, 4.69) is 4.90 Å². The Morgan fingerprint density at radius 1 is 1.08 bits per heavy atom. The topological polar surface area (TPSA) is 51.2 Å². The van der Waals surface area contributed by atoms with Gasteiger partial charge in [0.1, 0.15) is 4.99 Å². The lowest BCUT2D eigenvalue weighted by Gasteiger charge is -2.29. The molecule has 7 heteroatoms. The molecule has 3 rings (SSSR count). The van der Waals surface area contributed by atoms with Crippen molar-refractivity contribution in [2.24, 2.45) is 0 Å². The van der Waals surface area contributed by atoms with Crippen molar-refractivity contribution in [1.29, 1.82) is 0 Å². The number of hydrogen-bond acceptors (Lipinski definition) is 5. The zero-order valence-corrected chi connectivity index (χ0v) is 16.1. The van der Waals surface area contributed by atoms with Gasteiger partial charge in [-0.2, -0.15) is 0 Å². The van der Waals surface area contributed by atoms with Gasteiger partial charge in [0.05, 0.1) is 19.8 Å². The highest BCUT2D eigenvalue weighted by Gasteiger charge is 2.20. The number of morpholine rings is 1. The highest BCUT2D eigenvalue weighted by molar-refractivity contribution is 7.80. The Morgan fingerprint density at radius 3 is 2.50 bits per heavy atom. The van der Waals surface area contributed by atoms with Crippen LogP contribution in [0.2, 0.25) is 0 Å². The quantitative estimate of drug-likeness (QED) is 0.707. The standard InChI is InChI=1S/C19H26N2O4S/c1-2-24-17-13-15(19(26)21-9-11-23-12-10-21)5-6-16(17)25-14-18(22)20-7-3-4-8-20/h5-6,13H,2-4,7-12,14H2,1H3. The lowest BCUT2D eigenvalue weighted by molar-refractivity contribution is -0.132. The molecule has 142 valence electrons. The van der Waals surface area contributed by atoms with Crippen LogP contribution in [0.4, 0.5) is 0 Å². The van der Waals surface area contributed by atoms with Gasteiger partial charge in [-0.1, -0.05) is 12.2 Å². The molecule has 2 aliphatic rings. The lowest BCUT2D eigenvalue weighted by atomic mass is 10.1. The molecule has 0 spiro atoms. The average molecular weight is 378 g/mol. The fraction of sp³-hybridized carbons (Fsp3) is 0.579. The van der Waals surface area contributed by atoms with Gasteiger partial charge in [0.15, 0.2) is 18.1 Å². The molecular formula is C19H26N2O4S. The molecule has 2 heterocycles. The Balaban J connectivity index is 1.67. The molecule has 0 atom stereocenters. The van der Waals surface area contributed by atoms with E-state index in [9.17, 15) is 4.79 Å². The molecule has 0 bridgehead atoms. The van der Waals surface area contributed by atoms with Crippen LogP contribution in [-0.2, 0) is 9.53 Å². The molecule has 0 radical (unpaired) electrons. The fourth-order valence-electron chi connectivity index (χ4n) is 3.17. The summed E-state index contributed by atoms with van der Waals surface area (Å²) in [5.74, 6) is 1.22. The SMILES string of the molecule is CCOc1cc(C(=S)N2CCOCC2)ccc1OCC(=O)N1CCCC1. The van der Waals surface area contributed by atoms with Crippen LogP contribution in [0.1, 0.15) is 25.3 Å². The maximum atomic E-state index is 12.2. The number of likely N-dealkylation sites (tertiary alicyclic amines) is 1. The molecule has 0 saturated carbocycles. The molecule has 2 saturated heterocycles. The van der Waals surface area contributed by atoms with E-state index in [4.69, 9.17) is 26.4 Å². The summed E-state index contributed by atoms with van der Waals surface area (Å²) in [6.07, 6.45) is 2.15. The molecule has 1 aromatic rings. The Bertz CT molecular complexity index is 640. The van der Waals surface area contributed by atoms with E-state index in [0.717, 1.165) is 49.6 Å². The average Bonchev–Trinajstić information content (AvgIpc) is 3.22. The van der Waals surface area contributed by atoms with Crippen LogP contribution in [0.15, 0.2) is 18.2 Å². The van der Waals surface area contributed by atoms with Gasteiger partial charge in [0.25, 0.3) is 5.91 Å². The molecule has 6 nitrogen and oxygen atoms in total. The summed E-state index contributed by atoms with van der Waals surface area (Å²) in [6.45, 7) is 7.11. The highest BCUT2D eigenvalue weighted by Crippen LogP contribution is 2.29. The summed E-state index contributed by atoms with van der Waals surface area (Å²) >= 11 is 5.62. The Labute approximate surface area is 160 Å². The van der Waals surface area contributed by atoms with Crippen LogP contribution in [0.25, 0.3) is 0 Å². The Kier molecular flexibility index (Phi) is 6.68. The molecule has 1 amide bonds. The van der Waals surface area contributed by atoms with Crippen molar-refractivity contribution in [2.45, 2.75) is 19.8 Å². The van der Waals surface area contributed by atoms with Crippen molar-refractivity contribution in [2.75, 3.05) is 52.6 Å². The summed E-state index contributed by atoms with van der Waals surface area (Å²) in [6, 6.07) is 5.66. The largest absolute Gasteiger partial charge is 0.490 e. The number of rotatable bonds is 6. The van der Waals surface area contributed by atoms with Gasteiger partial charge in [-0.25, -0.2) is 0 Å². The molecule has 2 fully saturated rings. The molecule has 0 aliphatic carbocycles. The van der Waals surface area contributed by atoms with Gasteiger partial charge in [0.2, 0.25) is 0 Å². The first kappa shape index (κ1) is 18.9. The second-order valence-corrected chi connectivity index (χ2v) is 6.76. The minimum absolute atomic E-state index is 0.0258. The van der Waals surface area contributed by atoms with Crippen LogP contribution < -0.4 is 9.47 Å². The maximum absolute atomic E-state index is 12.2. The van der Waals surface area contributed by atoms with Crippen LogP contribution in [0.5, 0.6) is 11.5 Å². The van der Waals surface area contributed by atoms with E-state index in [1.165, 1.54) is 0 Å². The van der Waals surface area contributed by atoms with E-state index in [0.29, 0.717) is 31.3 Å². The monoisotopic (exact) mass is 378 g/mol. The number of benzene rings is 1. The van der Waals surface area contributed by atoms with Crippen molar-refractivity contribution in [3.05, 3.63) is 23.8 Å². The predicted octanol–water partition coefficient (Wildman–Crippen LogP) is 2.09. The molecule has 26 heavy (non-hydrogen) atoms. The zero-order valence-electron chi connectivity index (χ0n) is 15.2. The normalized spacial score (nSPS) is 17.3. The minimum Gasteiger partial charge on any atom is -0.490 e. The molecule has 0 N–H and O–H groups in total. The molecule has 2 aliphatic heterocycles. The van der Waals surface area contributed by atoms with Crippen molar-refractivity contribution in [1.82, 2.24) is 9.80 Å². The second-order valence-electron chi connectivity index (χ2n) is 6.38. The Hall–Kier alpha value is -1.86. The van der Waals surface area contributed by atoms with E-state index in [1.807, 2.05) is 30.0 Å². The number of amides is 1. The maximum Gasteiger partial charge on any atom is 0.260 e. The minimum atomic E-state index is 0.0258. The summed E-state index contributed by atoms with van der Waals surface area (Å²) in [7, 11) is 0. The zero-order chi connectivity index (χ0) is 18.4. The number of hydrogen-bond donors (Lipinski definition) is 0. The van der Waals surface area contributed by atoms with Crippen molar-refractivity contribution in [3.8, 4) is 11.5 Å². The first-order valence-electron chi connectivity index (χ1n) is 9.23. The van der Waals surface area contributed by atoms with Crippen molar-refractivity contribution >= 4 is 23.1 Å². The highest BCUT2D eigenvalue weighted by atomic mass is 32.1. The third kappa shape index (κ3) is 4.65.